The van der Waals surface area contributed by atoms with E-state index in [0.29, 0.717) is 5.75 Å². The van der Waals surface area contributed by atoms with Gasteiger partial charge in [-0.25, -0.2) is 9.59 Å². The number of carbonyl (C=O) groups is 3. The fraction of sp³-hybridized carbons (Fsp3) is 0.464. The lowest BCUT2D eigenvalue weighted by Gasteiger charge is -2.35. The topological polar surface area (TPSA) is 95.9 Å². The number of aliphatic carboxylic acids is 1. The number of likely N-dealkylation sites (tertiary alicyclic amines) is 1. The summed E-state index contributed by atoms with van der Waals surface area (Å²) in [7, 11) is 2.15. The van der Waals surface area contributed by atoms with Crippen molar-refractivity contribution in [3.05, 3.63) is 65.2 Å². The number of hydrogen-bond acceptors (Lipinski definition) is 5. The first-order valence-electron chi connectivity index (χ1n) is 12.3. The van der Waals surface area contributed by atoms with Gasteiger partial charge >= 0.3 is 11.9 Å². The number of hydrogen-bond donors (Lipinski definition) is 2. The Balaban J connectivity index is 1.84. The number of benzene rings is 2. The van der Waals surface area contributed by atoms with Gasteiger partial charge in [0.2, 0.25) is 0 Å². The summed E-state index contributed by atoms with van der Waals surface area (Å²) in [5, 5.41) is 11.9. The van der Waals surface area contributed by atoms with Crippen LogP contribution in [0.4, 0.5) is 0 Å². The van der Waals surface area contributed by atoms with Crippen LogP contribution < -0.4 is 10.1 Å². The minimum absolute atomic E-state index is 0.00580. The van der Waals surface area contributed by atoms with Crippen LogP contribution in [-0.2, 0) is 10.2 Å². The van der Waals surface area contributed by atoms with Crippen LogP contribution in [0, 0.1) is 5.92 Å². The second-order valence-electron chi connectivity index (χ2n) is 9.83. The summed E-state index contributed by atoms with van der Waals surface area (Å²) in [6.07, 6.45) is 4.39. The highest BCUT2D eigenvalue weighted by atomic mass is 16.5. The SMILES string of the molecule is CCC1(c2cccc(OC(=O)c3ccccc3C(=O)N[C@H](C(=O)O)C(C)C)c2)CCCCN(C)C1. The Morgan fingerprint density at radius 1 is 1.09 bits per heavy atom. The molecule has 0 spiro atoms. The summed E-state index contributed by atoms with van der Waals surface area (Å²) in [6.45, 7) is 7.65. The van der Waals surface area contributed by atoms with Crippen molar-refractivity contribution in [3.8, 4) is 5.75 Å². The predicted octanol–water partition coefficient (Wildman–Crippen LogP) is 4.51. The van der Waals surface area contributed by atoms with E-state index in [1.807, 2.05) is 12.1 Å². The second kappa shape index (κ2) is 11.5. The summed E-state index contributed by atoms with van der Waals surface area (Å²) >= 11 is 0. The van der Waals surface area contributed by atoms with Gasteiger partial charge in [-0.15, -0.1) is 0 Å². The third-order valence-electron chi connectivity index (χ3n) is 6.96. The van der Waals surface area contributed by atoms with Gasteiger partial charge in [-0.1, -0.05) is 51.5 Å². The maximum Gasteiger partial charge on any atom is 0.344 e. The summed E-state index contributed by atoms with van der Waals surface area (Å²) in [5.74, 6) is -2.30. The number of carboxylic acids is 1. The zero-order valence-corrected chi connectivity index (χ0v) is 21.0. The van der Waals surface area contributed by atoms with Crippen molar-refractivity contribution >= 4 is 17.8 Å². The third-order valence-corrected chi connectivity index (χ3v) is 6.96. The van der Waals surface area contributed by atoms with E-state index in [4.69, 9.17) is 4.74 Å². The maximum atomic E-state index is 13.1. The number of ether oxygens (including phenoxy) is 1. The molecule has 2 aromatic carbocycles. The number of nitrogens with one attached hydrogen (secondary N) is 1. The number of carbonyl (C=O) groups excluding carboxylic acids is 2. The van der Waals surface area contributed by atoms with E-state index in [0.717, 1.165) is 37.9 Å². The summed E-state index contributed by atoms with van der Waals surface area (Å²) < 4.78 is 5.72. The Hall–Kier alpha value is -3.19. The largest absolute Gasteiger partial charge is 0.480 e. The molecule has 0 aromatic heterocycles. The first-order chi connectivity index (χ1) is 16.7. The van der Waals surface area contributed by atoms with Gasteiger partial charge in [-0.2, -0.15) is 0 Å². The number of esters is 1. The van der Waals surface area contributed by atoms with Crippen molar-refractivity contribution in [3.63, 3.8) is 0 Å². The highest BCUT2D eigenvalue weighted by Gasteiger charge is 2.33. The van der Waals surface area contributed by atoms with Crippen LogP contribution in [0.3, 0.4) is 0 Å². The average Bonchev–Trinajstić information content (AvgIpc) is 3.04. The molecule has 0 bridgehead atoms. The van der Waals surface area contributed by atoms with E-state index in [1.165, 1.54) is 18.6 Å². The number of likely N-dealkylation sites (N-methyl/N-ethyl adjacent to an activating group) is 1. The fourth-order valence-electron chi connectivity index (χ4n) is 4.89. The van der Waals surface area contributed by atoms with Crippen molar-refractivity contribution in [1.29, 1.82) is 0 Å². The highest BCUT2D eigenvalue weighted by molar-refractivity contribution is 6.06. The Morgan fingerprint density at radius 2 is 1.80 bits per heavy atom. The first-order valence-corrected chi connectivity index (χ1v) is 12.3. The Bertz CT molecular complexity index is 1070. The fourth-order valence-corrected chi connectivity index (χ4v) is 4.89. The third kappa shape index (κ3) is 6.28. The van der Waals surface area contributed by atoms with Crippen LogP contribution in [0.25, 0.3) is 0 Å². The van der Waals surface area contributed by atoms with Gasteiger partial charge in [0, 0.05) is 12.0 Å². The molecule has 1 aliphatic rings. The molecule has 0 radical (unpaired) electrons. The van der Waals surface area contributed by atoms with E-state index < -0.39 is 23.9 Å². The average molecular weight is 481 g/mol. The molecular weight excluding hydrogens is 444 g/mol. The molecule has 1 fully saturated rings. The van der Waals surface area contributed by atoms with Gasteiger partial charge in [0.25, 0.3) is 5.91 Å². The zero-order valence-electron chi connectivity index (χ0n) is 21.0. The van der Waals surface area contributed by atoms with Crippen LogP contribution in [0.15, 0.2) is 48.5 Å². The second-order valence-corrected chi connectivity index (χ2v) is 9.83. The Labute approximate surface area is 207 Å². The highest BCUT2D eigenvalue weighted by Crippen LogP contribution is 2.37. The molecule has 7 heteroatoms. The number of rotatable bonds is 8. The lowest BCUT2D eigenvalue weighted by molar-refractivity contribution is -0.140. The van der Waals surface area contributed by atoms with E-state index in [-0.39, 0.29) is 22.5 Å². The molecule has 35 heavy (non-hydrogen) atoms. The van der Waals surface area contributed by atoms with Gasteiger partial charge in [0.05, 0.1) is 11.1 Å². The normalized spacial score (nSPS) is 19.6. The van der Waals surface area contributed by atoms with Crippen molar-refractivity contribution in [2.24, 2.45) is 5.92 Å². The molecule has 7 nitrogen and oxygen atoms in total. The molecule has 1 heterocycles. The Kier molecular flexibility index (Phi) is 8.67. The molecule has 1 aliphatic heterocycles. The van der Waals surface area contributed by atoms with Gasteiger partial charge in [-0.3, -0.25) is 4.79 Å². The molecule has 2 aromatic rings. The summed E-state index contributed by atoms with van der Waals surface area (Å²) in [5.41, 5.74) is 1.30. The van der Waals surface area contributed by atoms with Crippen LogP contribution >= 0.6 is 0 Å². The van der Waals surface area contributed by atoms with E-state index in [9.17, 15) is 19.5 Å². The van der Waals surface area contributed by atoms with Crippen molar-refractivity contribution in [1.82, 2.24) is 10.2 Å². The molecule has 0 saturated carbocycles. The number of nitrogens with zero attached hydrogens (tertiary/aromatic N) is 1. The zero-order chi connectivity index (χ0) is 25.6. The quantitative estimate of drug-likeness (QED) is 0.426. The molecular formula is C28H36N2O5. The minimum Gasteiger partial charge on any atom is -0.480 e. The molecule has 1 amide bonds. The van der Waals surface area contributed by atoms with E-state index >= 15 is 0 Å². The standard InChI is InChI=1S/C28H36N2O5/c1-5-28(15-8-9-16-30(4)18-28)20-11-10-12-21(17-20)35-27(34)23-14-7-6-13-22(23)25(31)29-24(19(2)3)26(32)33/h6-7,10-14,17,19,24H,5,8-9,15-16,18H2,1-4H3,(H,29,31)(H,32,33)/t24-,28?/m0/s1. The molecule has 2 atom stereocenters. The summed E-state index contributed by atoms with van der Waals surface area (Å²) in [4.78, 5) is 39.8. The first kappa shape index (κ1) is 26.4. The van der Waals surface area contributed by atoms with Crippen molar-refractivity contribution in [2.45, 2.75) is 57.9 Å². The number of amides is 1. The maximum absolute atomic E-state index is 13.1. The molecule has 0 aliphatic carbocycles. The van der Waals surface area contributed by atoms with Crippen LogP contribution in [0.5, 0.6) is 5.75 Å². The summed E-state index contributed by atoms with van der Waals surface area (Å²) in [6, 6.07) is 12.9. The molecule has 1 saturated heterocycles. The van der Waals surface area contributed by atoms with Gasteiger partial charge in [0.15, 0.2) is 0 Å². The van der Waals surface area contributed by atoms with Crippen molar-refractivity contribution < 1.29 is 24.2 Å². The van der Waals surface area contributed by atoms with Gasteiger partial charge < -0.3 is 20.1 Å². The lowest BCUT2D eigenvalue weighted by Crippen LogP contribution is -2.44. The van der Waals surface area contributed by atoms with Crippen LogP contribution in [0.1, 0.15) is 72.7 Å². The van der Waals surface area contributed by atoms with Gasteiger partial charge in [-0.05, 0) is 68.6 Å². The van der Waals surface area contributed by atoms with E-state index in [1.54, 1.807) is 32.0 Å². The minimum atomic E-state index is -1.13. The molecule has 2 N–H and O–H groups in total. The molecule has 3 rings (SSSR count). The van der Waals surface area contributed by atoms with E-state index in [2.05, 4.69) is 30.3 Å². The van der Waals surface area contributed by atoms with Crippen LogP contribution in [0.2, 0.25) is 0 Å². The number of carboxylic acid groups (broad SMARTS) is 1. The lowest BCUT2D eigenvalue weighted by atomic mass is 9.74. The molecule has 1 unspecified atom stereocenters. The van der Waals surface area contributed by atoms with Gasteiger partial charge in [0.1, 0.15) is 11.8 Å². The van der Waals surface area contributed by atoms with Crippen molar-refractivity contribution in [2.75, 3.05) is 20.1 Å². The smallest absolute Gasteiger partial charge is 0.344 e. The monoisotopic (exact) mass is 480 g/mol. The molecule has 188 valence electrons. The Morgan fingerprint density at radius 3 is 2.46 bits per heavy atom. The predicted molar refractivity (Wildman–Crippen MR) is 135 cm³/mol. The van der Waals surface area contributed by atoms with Crippen LogP contribution in [-0.4, -0.2) is 54.0 Å².